The van der Waals surface area contributed by atoms with Crippen molar-refractivity contribution in [2.24, 2.45) is 5.41 Å². The zero-order valence-electron chi connectivity index (χ0n) is 16.5. The number of carbonyl (C=O) groups excluding carboxylic acids is 2. The van der Waals surface area contributed by atoms with Gasteiger partial charge in [0.25, 0.3) is 0 Å². The van der Waals surface area contributed by atoms with Gasteiger partial charge in [-0.15, -0.1) is 0 Å². The average Bonchev–Trinajstić information content (AvgIpc) is 3.35. The van der Waals surface area contributed by atoms with Crippen molar-refractivity contribution < 1.29 is 14.0 Å². The predicted octanol–water partition coefficient (Wildman–Crippen LogP) is 4.43. The molecular formula is C23H25FN2O2. The first-order valence-electron chi connectivity index (χ1n) is 9.73. The molecule has 1 N–H and O–H groups in total. The normalized spacial score (nSPS) is 17.2. The number of hydrogen-bond donors (Lipinski definition) is 1. The van der Waals surface area contributed by atoms with E-state index in [9.17, 15) is 14.0 Å². The van der Waals surface area contributed by atoms with Crippen molar-refractivity contribution in [3.63, 3.8) is 0 Å². The van der Waals surface area contributed by atoms with Gasteiger partial charge in [-0.25, -0.2) is 4.39 Å². The van der Waals surface area contributed by atoms with Crippen LogP contribution in [0.2, 0.25) is 0 Å². The van der Waals surface area contributed by atoms with Crippen molar-refractivity contribution in [2.45, 2.75) is 45.4 Å². The van der Waals surface area contributed by atoms with E-state index < -0.39 is 10.8 Å². The molecule has 28 heavy (non-hydrogen) atoms. The van der Waals surface area contributed by atoms with E-state index in [1.54, 1.807) is 12.1 Å². The fraction of sp³-hybridized carbons (Fsp3) is 0.391. The Kier molecular flexibility index (Phi) is 4.29. The number of benzene rings is 2. The van der Waals surface area contributed by atoms with Gasteiger partial charge in [-0.3, -0.25) is 9.59 Å². The Hall–Kier alpha value is -2.69. The second kappa shape index (κ2) is 6.43. The quantitative estimate of drug-likeness (QED) is 0.856. The number of hydrogen-bond acceptors (Lipinski definition) is 2. The van der Waals surface area contributed by atoms with Crippen molar-refractivity contribution in [2.75, 3.05) is 16.8 Å². The van der Waals surface area contributed by atoms with Gasteiger partial charge in [0.2, 0.25) is 11.8 Å². The van der Waals surface area contributed by atoms with Crippen LogP contribution in [-0.4, -0.2) is 18.4 Å². The van der Waals surface area contributed by atoms with Gasteiger partial charge in [0.15, 0.2) is 0 Å². The van der Waals surface area contributed by atoms with Crippen LogP contribution in [0.3, 0.4) is 0 Å². The summed E-state index contributed by atoms with van der Waals surface area (Å²) in [5.74, 6) is -0.298. The molecule has 0 spiro atoms. The minimum atomic E-state index is -0.576. The van der Waals surface area contributed by atoms with Crippen LogP contribution in [0.4, 0.5) is 15.8 Å². The van der Waals surface area contributed by atoms with Crippen LogP contribution in [0.1, 0.15) is 44.7 Å². The standard InChI is InChI=1S/C23H25FN2O2/c1-22(2,3)21(28)26-13-10-15-4-9-18(14-19(15)26)25-20(27)23(11-12-23)16-5-7-17(24)8-6-16/h4-9,14H,10-13H2,1-3H3,(H,25,27). The summed E-state index contributed by atoms with van der Waals surface area (Å²) >= 11 is 0. The molecule has 0 saturated heterocycles. The lowest BCUT2D eigenvalue weighted by Gasteiger charge is -2.26. The molecule has 0 unspecified atom stereocenters. The summed E-state index contributed by atoms with van der Waals surface area (Å²) in [5.41, 5.74) is 2.50. The first kappa shape index (κ1) is 18.7. The molecule has 4 rings (SSSR count). The number of fused-ring (bicyclic) bond motifs is 1. The fourth-order valence-electron chi connectivity index (χ4n) is 3.86. The van der Waals surface area contributed by atoms with Gasteiger partial charge in [0, 0.05) is 23.3 Å². The fourth-order valence-corrected chi connectivity index (χ4v) is 3.86. The summed E-state index contributed by atoms with van der Waals surface area (Å²) in [4.78, 5) is 27.5. The molecule has 146 valence electrons. The van der Waals surface area contributed by atoms with Gasteiger partial charge in [-0.05, 0) is 54.7 Å². The van der Waals surface area contributed by atoms with E-state index in [-0.39, 0.29) is 17.6 Å². The summed E-state index contributed by atoms with van der Waals surface area (Å²) in [6.45, 7) is 6.41. The maximum Gasteiger partial charge on any atom is 0.235 e. The highest BCUT2D eigenvalue weighted by molar-refractivity contribution is 6.03. The van der Waals surface area contributed by atoms with Crippen LogP contribution >= 0.6 is 0 Å². The summed E-state index contributed by atoms with van der Waals surface area (Å²) < 4.78 is 13.2. The average molecular weight is 380 g/mol. The van der Waals surface area contributed by atoms with Crippen LogP contribution in [0.25, 0.3) is 0 Å². The Balaban J connectivity index is 1.56. The SMILES string of the molecule is CC(C)(C)C(=O)N1CCc2ccc(NC(=O)C3(c4ccc(F)cc4)CC3)cc21. The van der Waals surface area contributed by atoms with Gasteiger partial charge in [0.1, 0.15) is 5.82 Å². The van der Waals surface area contributed by atoms with E-state index in [1.807, 2.05) is 43.9 Å². The molecule has 1 heterocycles. The first-order chi connectivity index (χ1) is 13.2. The van der Waals surface area contributed by atoms with Crippen molar-refractivity contribution in [1.82, 2.24) is 0 Å². The van der Waals surface area contributed by atoms with Gasteiger partial charge in [0.05, 0.1) is 5.41 Å². The van der Waals surface area contributed by atoms with E-state index in [4.69, 9.17) is 0 Å². The first-order valence-corrected chi connectivity index (χ1v) is 9.73. The lowest BCUT2D eigenvalue weighted by Crippen LogP contribution is -2.38. The Bertz CT molecular complexity index is 940. The highest BCUT2D eigenvalue weighted by atomic mass is 19.1. The van der Waals surface area contributed by atoms with Crippen molar-refractivity contribution in [3.05, 3.63) is 59.4 Å². The van der Waals surface area contributed by atoms with E-state index >= 15 is 0 Å². The minimum Gasteiger partial charge on any atom is -0.325 e. The van der Waals surface area contributed by atoms with Crippen molar-refractivity contribution in [1.29, 1.82) is 0 Å². The maximum absolute atomic E-state index is 13.2. The monoisotopic (exact) mass is 380 g/mol. The number of amides is 2. The lowest BCUT2D eigenvalue weighted by molar-refractivity contribution is -0.125. The molecule has 1 fully saturated rings. The highest BCUT2D eigenvalue weighted by Gasteiger charge is 2.51. The minimum absolute atomic E-state index is 0.0780. The second-order valence-electron chi connectivity index (χ2n) is 8.84. The number of nitrogens with zero attached hydrogens (tertiary/aromatic N) is 1. The largest absolute Gasteiger partial charge is 0.325 e. The van der Waals surface area contributed by atoms with Crippen LogP contribution in [-0.2, 0) is 21.4 Å². The Morgan fingerprint density at radius 2 is 1.75 bits per heavy atom. The Morgan fingerprint density at radius 1 is 1.07 bits per heavy atom. The number of anilines is 2. The summed E-state index contributed by atoms with van der Waals surface area (Å²) in [6, 6.07) is 11.9. The van der Waals surface area contributed by atoms with Crippen LogP contribution < -0.4 is 10.2 Å². The molecule has 2 aromatic carbocycles. The predicted molar refractivity (Wildman–Crippen MR) is 108 cm³/mol. The zero-order valence-corrected chi connectivity index (χ0v) is 16.5. The van der Waals surface area contributed by atoms with Crippen molar-refractivity contribution >= 4 is 23.2 Å². The van der Waals surface area contributed by atoms with Gasteiger partial charge < -0.3 is 10.2 Å². The molecule has 2 amide bonds. The second-order valence-corrected chi connectivity index (χ2v) is 8.84. The third-order valence-corrected chi connectivity index (χ3v) is 5.71. The van der Waals surface area contributed by atoms with Crippen LogP contribution in [0, 0.1) is 11.2 Å². The molecule has 4 nitrogen and oxygen atoms in total. The molecule has 0 aromatic heterocycles. The topological polar surface area (TPSA) is 49.4 Å². The lowest BCUT2D eigenvalue weighted by atomic mass is 9.94. The smallest absolute Gasteiger partial charge is 0.235 e. The van der Waals surface area contributed by atoms with E-state index in [1.165, 1.54) is 12.1 Å². The maximum atomic E-state index is 13.2. The molecule has 0 radical (unpaired) electrons. The number of rotatable bonds is 3. The number of carbonyl (C=O) groups is 2. The molecule has 2 aromatic rings. The van der Waals surface area contributed by atoms with E-state index in [0.29, 0.717) is 12.2 Å². The third-order valence-electron chi connectivity index (χ3n) is 5.71. The van der Waals surface area contributed by atoms with Crippen LogP contribution in [0.5, 0.6) is 0 Å². The summed E-state index contributed by atoms with van der Waals surface area (Å²) in [5, 5.41) is 3.02. The third kappa shape index (κ3) is 3.19. The number of nitrogens with one attached hydrogen (secondary N) is 1. The molecule has 2 aliphatic rings. The molecule has 1 saturated carbocycles. The van der Waals surface area contributed by atoms with Gasteiger partial charge in [-0.2, -0.15) is 0 Å². The highest BCUT2D eigenvalue weighted by Crippen LogP contribution is 2.49. The molecule has 5 heteroatoms. The van der Waals surface area contributed by atoms with Gasteiger partial charge >= 0.3 is 0 Å². The van der Waals surface area contributed by atoms with Crippen molar-refractivity contribution in [3.8, 4) is 0 Å². The summed E-state index contributed by atoms with van der Waals surface area (Å²) in [6.07, 6.45) is 2.33. The molecule has 1 aliphatic carbocycles. The molecular weight excluding hydrogens is 355 g/mol. The van der Waals surface area contributed by atoms with E-state index in [0.717, 1.165) is 36.1 Å². The summed E-state index contributed by atoms with van der Waals surface area (Å²) in [7, 11) is 0. The zero-order chi connectivity index (χ0) is 20.1. The van der Waals surface area contributed by atoms with Gasteiger partial charge in [-0.1, -0.05) is 39.0 Å². The molecule has 0 atom stereocenters. The Labute approximate surface area is 164 Å². The molecule has 1 aliphatic heterocycles. The number of halogens is 1. The van der Waals surface area contributed by atoms with E-state index in [2.05, 4.69) is 5.32 Å². The van der Waals surface area contributed by atoms with Crippen LogP contribution in [0.15, 0.2) is 42.5 Å². The molecule has 0 bridgehead atoms. The Morgan fingerprint density at radius 3 is 2.36 bits per heavy atom.